The molecule has 0 heterocycles. The van der Waals surface area contributed by atoms with Crippen molar-refractivity contribution in [3.63, 3.8) is 0 Å². The first-order valence-corrected chi connectivity index (χ1v) is 7.58. The minimum absolute atomic E-state index is 0.0475. The third-order valence-electron chi connectivity index (χ3n) is 4.43. The molecule has 1 fully saturated rings. The summed E-state index contributed by atoms with van der Waals surface area (Å²) in [5.74, 6) is -0.493. The first-order chi connectivity index (χ1) is 9.90. The van der Waals surface area contributed by atoms with Crippen LogP contribution in [0.15, 0.2) is 18.2 Å². The number of rotatable bonds is 4. The molecule has 0 bridgehead atoms. The Kier molecular flexibility index (Phi) is 4.86. The molecular formula is C17H23FO3. The van der Waals surface area contributed by atoms with Crippen LogP contribution in [0.1, 0.15) is 50.4 Å². The van der Waals surface area contributed by atoms with Gasteiger partial charge in [-0.05, 0) is 42.7 Å². The van der Waals surface area contributed by atoms with E-state index in [1.807, 2.05) is 0 Å². The number of hydrogen-bond donors (Lipinski definition) is 1. The summed E-state index contributed by atoms with van der Waals surface area (Å²) in [4.78, 5) is 11.2. The number of carboxylic acid groups (broad SMARTS) is 1. The average Bonchev–Trinajstić information content (AvgIpc) is 2.37. The van der Waals surface area contributed by atoms with Crippen LogP contribution in [0.4, 0.5) is 4.39 Å². The van der Waals surface area contributed by atoms with Crippen LogP contribution in [-0.2, 0) is 0 Å². The molecule has 3 atom stereocenters. The van der Waals surface area contributed by atoms with Gasteiger partial charge in [0, 0.05) is 0 Å². The molecule has 116 valence electrons. The monoisotopic (exact) mass is 294 g/mol. The zero-order valence-electron chi connectivity index (χ0n) is 12.8. The summed E-state index contributed by atoms with van der Waals surface area (Å²) in [6.45, 7) is 6.48. The summed E-state index contributed by atoms with van der Waals surface area (Å²) in [7, 11) is 0. The molecule has 3 nitrogen and oxygen atoms in total. The first-order valence-electron chi connectivity index (χ1n) is 7.58. The lowest BCUT2D eigenvalue weighted by atomic mass is 9.75. The van der Waals surface area contributed by atoms with Gasteiger partial charge in [0.05, 0.1) is 0 Å². The SMILES string of the molecule is CC1CCC(C(C)C)C(Oc2cccc(F)c2C(=O)O)C1. The molecular weight excluding hydrogens is 271 g/mol. The van der Waals surface area contributed by atoms with Gasteiger partial charge < -0.3 is 9.84 Å². The van der Waals surface area contributed by atoms with Gasteiger partial charge >= 0.3 is 5.97 Å². The Morgan fingerprint density at radius 1 is 1.38 bits per heavy atom. The Morgan fingerprint density at radius 3 is 2.71 bits per heavy atom. The molecule has 0 aromatic heterocycles. The van der Waals surface area contributed by atoms with Crippen LogP contribution < -0.4 is 4.74 Å². The quantitative estimate of drug-likeness (QED) is 0.897. The predicted octanol–water partition coefficient (Wildman–Crippen LogP) is 4.36. The predicted molar refractivity (Wildman–Crippen MR) is 79.1 cm³/mol. The number of ether oxygens (including phenoxy) is 1. The second-order valence-electron chi connectivity index (χ2n) is 6.40. The molecule has 2 rings (SSSR count). The van der Waals surface area contributed by atoms with Crippen molar-refractivity contribution in [3.8, 4) is 5.75 Å². The molecule has 1 aliphatic carbocycles. The number of aromatic carboxylic acids is 1. The van der Waals surface area contributed by atoms with Crippen LogP contribution in [0.2, 0.25) is 0 Å². The summed E-state index contributed by atoms with van der Waals surface area (Å²) in [6.07, 6.45) is 3.07. The lowest BCUT2D eigenvalue weighted by Gasteiger charge is -2.37. The van der Waals surface area contributed by atoms with E-state index in [2.05, 4.69) is 20.8 Å². The van der Waals surface area contributed by atoms with E-state index >= 15 is 0 Å². The lowest BCUT2D eigenvalue weighted by Crippen LogP contribution is -2.36. The molecule has 0 aliphatic heterocycles. The molecule has 1 aliphatic rings. The highest BCUT2D eigenvalue weighted by molar-refractivity contribution is 5.91. The van der Waals surface area contributed by atoms with E-state index in [4.69, 9.17) is 4.74 Å². The van der Waals surface area contributed by atoms with E-state index in [1.165, 1.54) is 6.07 Å². The van der Waals surface area contributed by atoms with Crippen molar-refractivity contribution in [2.24, 2.45) is 17.8 Å². The molecule has 21 heavy (non-hydrogen) atoms. The first kappa shape index (κ1) is 15.8. The zero-order chi connectivity index (χ0) is 15.6. The van der Waals surface area contributed by atoms with Crippen LogP contribution in [-0.4, -0.2) is 17.2 Å². The van der Waals surface area contributed by atoms with E-state index < -0.39 is 11.8 Å². The number of hydrogen-bond acceptors (Lipinski definition) is 2. The van der Waals surface area contributed by atoms with Crippen molar-refractivity contribution in [2.45, 2.75) is 46.1 Å². The fourth-order valence-electron chi connectivity index (χ4n) is 3.22. The molecule has 1 aromatic rings. The van der Waals surface area contributed by atoms with Gasteiger partial charge in [-0.2, -0.15) is 0 Å². The van der Waals surface area contributed by atoms with Gasteiger partial charge in [-0.25, -0.2) is 9.18 Å². The summed E-state index contributed by atoms with van der Waals surface area (Å²) < 4.78 is 19.7. The molecule has 1 N–H and O–H groups in total. The summed E-state index contributed by atoms with van der Waals surface area (Å²) in [5.41, 5.74) is -0.363. The van der Waals surface area contributed by atoms with Crippen LogP contribution in [0.5, 0.6) is 5.75 Å². The van der Waals surface area contributed by atoms with Crippen molar-refractivity contribution < 1.29 is 19.0 Å². The maximum absolute atomic E-state index is 13.7. The van der Waals surface area contributed by atoms with Crippen molar-refractivity contribution in [1.82, 2.24) is 0 Å². The maximum Gasteiger partial charge on any atom is 0.342 e. The fraction of sp³-hybridized carbons (Fsp3) is 0.588. The third kappa shape index (κ3) is 3.55. The van der Waals surface area contributed by atoms with Crippen molar-refractivity contribution >= 4 is 5.97 Å². The Bertz CT molecular complexity index is 513. The second-order valence-corrected chi connectivity index (χ2v) is 6.40. The maximum atomic E-state index is 13.7. The van der Waals surface area contributed by atoms with Gasteiger partial charge in [-0.3, -0.25) is 0 Å². The van der Waals surface area contributed by atoms with E-state index in [1.54, 1.807) is 6.07 Å². The minimum Gasteiger partial charge on any atom is -0.489 e. The molecule has 0 amide bonds. The molecule has 3 unspecified atom stereocenters. The van der Waals surface area contributed by atoms with Gasteiger partial charge in [-0.15, -0.1) is 0 Å². The second kappa shape index (κ2) is 6.46. The van der Waals surface area contributed by atoms with Crippen LogP contribution in [0.3, 0.4) is 0 Å². The number of halogens is 1. The van der Waals surface area contributed by atoms with Gasteiger partial charge in [-0.1, -0.05) is 33.3 Å². The van der Waals surface area contributed by atoms with E-state index in [-0.39, 0.29) is 17.4 Å². The fourth-order valence-corrected chi connectivity index (χ4v) is 3.22. The van der Waals surface area contributed by atoms with Crippen molar-refractivity contribution in [3.05, 3.63) is 29.6 Å². The van der Waals surface area contributed by atoms with Crippen molar-refractivity contribution in [2.75, 3.05) is 0 Å². The third-order valence-corrected chi connectivity index (χ3v) is 4.43. The molecule has 4 heteroatoms. The van der Waals surface area contributed by atoms with Gasteiger partial charge in [0.25, 0.3) is 0 Å². The largest absolute Gasteiger partial charge is 0.489 e. The van der Waals surface area contributed by atoms with Crippen LogP contribution >= 0.6 is 0 Å². The zero-order valence-corrected chi connectivity index (χ0v) is 12.8. The van der Waals surface area contributed by atoms with E-state index in [0.717, 1.165) is 25.3 Å². The molecule has 0 spiro atoms. The Balaban J connectivity index is 2.27. The number of carboxylic acids is 1. The Labute approximate surface area is 125 Å². The normalized spacial score (nSPS) is 25.9. The highest BCUT2D eigenvalue weighted by atomic mass is 19.1. The van der Waals surface area contributed by atoms with Gasteiger partial charge in [0.15, 0.2) is 0 Å². The number of carbonyl (C=O) groups is 1. The minimum atomic E-state index is -1.28. The number of benzene rings is 1. The summed E-state index contributed by atoms with van der Waals surface area (Å²) in [6, 6.07) is 4.19. The Morgan fingerprint density at radius 2 is 2.10 bits per heavy atom. The molecule has 0 saturated heterocycles. The van der Waals surface area contributed by atoms with Crippen LogP contribution in [0, 0.1) is 23.6 Å². The average molecular weight is 294 g/mol. The van der Waals surface area contributed by atoms with Gasteiger partial charge in [0.2, 0.25) is 0 Å². The topological polar surface area (TPSA) is 46.5 Å². The van der Waals surface area contributed by atoms with Crippen LogP contribution in [0.25, 0.3) is 0 Å². The van der Waals surface area contributed by atoms with Gasteiger partial charge in [0.1, 0.15) is 23.2 Å². The Hall–Kier alpha value is -1.58. The summed E-state index contributed by atoms with van der Waals surface area (Å²) >= 11 is 0. The molecule has 1 saturated carbocycles. The molecule has 0 radical (unpaired) electrons. The molecule has 1 aromatic carbocycles. The van der Waals surface area contributed by atoms with Crippen molar-refractivity contribution in [1.29, 1.82) is 0 Å². The van der Waals surface area contributed by atoms with E-state index in [9.17, 15) is 14.3 Å². The lowest BCUT2D eigenvalue weighted by molar-refractivity contribution is 0.0433. The van der Waals surface area contributed by atoms with E-state index in [0.29, 0.717) is 17.8 Å². The highest BCUT2D eigenvalue weighted by Gasteiger charge is 2.33. The smallest absolute Gasteiger partial charge is 0.342 e. The highest BCUT2D eigenvalue weighted by Crippen LogP contribution is 2.37. The standard InChI is InChI=1S/C17H23FO3/c1-10(2)12-8-7-11(3)9-15(12)21-14-6-4-5-13(18)16(14)17(19)20/h4-6,10-12,15H,7-9H2,1-3H3,(H,19,20). The summed E-state index contributed by atoms with van der Waals surface area (Å²) in [5, 5.41) is 9.18.